The normalized spacial score (nSPS) is 15.7. The van der Waals surface area contributed by atoms with Crippen molar-refractivity contribution < 1.29 is 28.4 Å². The predicted octanol–water partition coefficient (Wildman–Crippen LogP) is 6.43. The van der Waals surface area contributed by atoms with E-state index >= 15 is 0 Å². The van der Waals surface area contributed by atoms with Gasteiger partial charge < -0.3 is 21.1 Å². The molecule has 0 spiro atoms. The number of nitrogens with one attached hydrogen (secondary N) is 1. The van der Waals surface area contributed by atoms with Gasteiger partial charge in [-0.1, -0.05) is 100 Å². The third-order valence-electron chi connectivity index (χ3n) is 5.61. The van der Waals surface area contributed by atoms with Crippen LogP contribution >= 0.6 is 7.82 Å². The van der Waals surface area contributed by atoms with Crippen LogP contribution in [-0.2, 0) is 18.4 Å². The van der Waals surface area contributed by atoms with Crippen molar-refractivity contribution in [3.8, 4) is 0 Å². The topological polar surface area (TPSA) is 131 Å². The molecule has 0 rings (SSSR count). The summed E-state index contributed by atoms with van der Waals surface area (Å²) in [5.41, 5.74) is 5.30. The molecule has 3 atom stereocenters. The van der Waals surface area contributed by atoms with Crippen molar-refractivity contribution in [1.82, 2.24) is 5.32 Å². The molecule has 0 radical (unpaired) electrons. The van der Waals surface area contributed by atoms with Gasteiger partial charge in [0.25, 0.3) is 0 Å². The first kappa shape index (κ1) is 37.2. The highest BCUT2D eigenvalue weighted by molar-refractivity contribution is 7.47. The van der Waals surface area contributed by atoms with Crippen molar-refractivity contribution in [1.29, 1.82) is 0 Å². The maximum absolute atomic E-state index is 12.5. The Balaban J connectivity index is 4.61. The van der Waals surface area contributed by atoms with Crippen molar-refractivity contribution in [2.75, 3.05) is 19.8 Å². The Labute approximate surface area is 236 Å². The fourth-order valence-electron chi connectivity index (χ4n) is 3.43. The molecule has 0 aliphatic rings. The highest BCUT2D eigenvalue weighted by Gasteiger charge is 2.26. The molecule has 5 N–H and O–H groups in total. The predicted molar refractivity (Wildman–Crippen MR) is 161 cm³/mol. The number of allylic oxidation sites excluding steroid dienone is 9. The van der Waals surface area contributed by atoms with Crippen LogP contribution in [0.15, 0.2) is 60.8 Å². The highest BCUT2D eigenvalue weighted by Crippen LogP contribution is 2.43. The first-order valence-electron chi connectivity index (χ1n) is 14.4. The van der Waals surface area contributed by atoms with Crippen molar-refractivity contribution in [2.24, 2.45) is 5.73 Å². The van der Waals surface area contributed by atoms with E-state index in [1.807, 2.05) is 18.2 Å². The number of hydrogen-bond donors (Lipinski definition) is 4. The Bertz CT molecular complexity index is 794. The van der Waals surface area contributed by atoms with Crippen molar-refractivity contribution in [3.05, 3.63) is 60.8 Å². The minimum absolute atomic E-state index is 0.0645. The summed E-state index contributed by atoms with van der Waals surface area (Å²) in [7, 11) is -4.34. The lowest BCUT2D eigenvalue weighted by Gasteiger charge is -2.23. The molecule has 0 aromatic carbocycles. The SMILES string of the molecule is CC/C=C\C/C=C\C/C=C\C/C=C\CCC(=O)NC(COP(=O)(O)OCCN)C(O)/C=C/CCCCCCC. The molecule has 8 nitrogen and oxygen atoms in total. The second kappa shape index (κ2) is 26.4. The highest BCUT2D eigenvalue weighted by atomic mass is 31.2. The van der Waals surface area contributed by atoms with Gasteiger partial charge in [-0.3, -0.25) is 13.8 Å². The van der Waals surface area contributed by atoms with Crippen LogP contribution in [0.25, 0.3) is 0 Å². The molecule has 224 valence electrons. The van der Waals surface area contributed by atoms with E-state index < -0.39 is 20.0 Å². The summed E-state index contributed by atoms with van der Waals surface area (Å²) in [6, 6.07) is -0.895. The molecule has 39 heavy (non-hydrogen) atoms. The van der Waals surface area contributed by atoms with Gasteiger partial charge in [0, 0.05) is 13.0 Å². The number of amides is 1. The Kier molecular flexibility index (Phi) is 25.2. The third kappa shape index (κ3) is 24.9. The Morgan fingerprint density at radius 2 is 1.49 bits per heavy atom. The summed E-state index contributed by atoms with van der Waals surface area (Å²) in [4.78, 5) is 22.3. The van der Waals surface area contributed by atoms with Crippen LogP contribution in [-0.4, -0.2) is 47.8 Å². The maximum Gasteiger partial charge on any atom is 0.472 e. The second-order valence-corrected chi connectivity index (χ2v) is 10.7. The lowest BCUT2D eigenvalue weighted by atomic mass is 10.1. The van der Waals surface area contributed by atoms with Gasteiger partial charge in [-0.25, -0.2) is 4.57 Å². The van der Waals surface area contributed by atoms with Gasteiger partial charge in [0.05, 0.1) is 25.4 Å². The molecule has 0 aliphatic heterocycles. The van der Waals surface area contributed by atoms with E-state index in [9.17, 15) is 19.4 Å². The van der Waals surface area contributed by atoms with Crippen molar-refractivity contribution in [2.45, 2.75) is 103 Å². The van der Waals surface area contributed by atoms with Crippen LogP contribution in [0.4, 0.5) is 0 Å². The molecule has 0 aliphatic carbocycles. The van der Waals surface area contributed by atoms with E-state index in [1.54, 1.807) is 6.08 Å². The van der Waals surface area contributed by atoms with Gasteiger partial charge in [0.2, 0.25) is 5.91 Å². The first-order chi connectivity index (χ1) is 18.9. The molecule has 0 fully saturated rings. The fraction of sp³-hybridized carbons (Fsp3) is 0.633. The summed E-state index contributed by atoms with van der Waals surface area (Å²) in [6.45, 7) is 3.84. The number of unbranched alkanes of at least 4 members (excludes halogenated alkanes) is 5. The molecular weight excluding hydrogens is 515 g/mol. The molecule has 0 aromatic heterocycles. The van der Waals surface area contributed by atoms with Gasteiger partial charge in [0.1, 0.15) is 0 Å². The molecule has 3 unspecified atom stereocenters. The average Bonchev–Trinajstić information content (AvgIpc) is 2.91. The van der Waals surface area contributed by atoms with Crippen LogP contribution < -0.4 is 11.1 Å². The number of aliphatic hydroxyl groups is 1. The van der Waals surface area contributed by atoms with Gasteiger partial charge in [-0.05, 0) is 44.9 Å². The lowest BCUT2D eigenvalue weighted by molar-refractivity contribution is -0.122. The number of rotatable bonds is 25. The molecule has 0 saturated carbocycles. The second-order valence-electron chi connectivity index (χ2n) is 9.22. The van der Waals surface area contributed by atoms with Gasteiger partial charge in [0.15, 0.2) is 0 Å². The summed E-state index contributed by atoms with van der Waals surface area (Å²) in [6.07, 6.45) is 30.2. The molecule has 0 aromatic rings. The van der Waals surface area contributed by atoms with Crippen LogP contribution in [0.3, 0.4) is 0 Å². The average molecular weight is 569 g/mol. The van der Waals surface area contributed by atoms with Crippen LogP contribution in [0.1, 0.15) is 90.9 Å². The number of phosphoric acid groups is 1. The van der Waals surface area contributed by atoms with Crippen LogP contribution in [0.5, 0.6) is 0 Å². The van der Waals surface area contributed by atoms with E-state index in [4.69, 9.17) is 14.8 Å². The number of aliphatic hydroxyl groups excluding tert-OH is 1. The lowest BCUT2D eigenvalue weighted by Crippen LogP contribution is -2.45. The number of nitrogens with two attached hydrogens (primary N) is 1. The van der Waals surface area contributed by atoms with E-state index in [0.717, 1.165) is 44.9 Å². The molecule has 0 saturated heterocycles. The standard InChI is InChI=1S/C30H53N2O6P/c1-3-5-7-9-11-12-13-14-15-16-18-20-22-24-30(34)32-28(27-38-39(35,36)37-26-25-31)29(33)23-21-19-17-10-8-6-4-2/h5,7,11-12,14-15,18,20-21,23,28-29,33H,3-4,6,8-10,13,16-17,19,22,24-27,31H2,1-2H3,(H,32,34)(H,35,36)/b7-5-,12-11-,15-14-,20-18-,23-21+. The van der Waals surface area contributed by atoms with Crippen LogP contribution in [0.2, 0.25) is 0 Å². The Hall–Kier alpha value is -1.80. The van der Waals surface area contributed by atoms with Crippen molar-refractivity contribution >= 4 is 13.7 Å². The zero-order valence-corrected chi connectivity index (χ0v) is 25.0. The van der Waals surface area contributed by atoms with E-state index in [2.05, 4.69) is 55.6 Å². The number of carbonyl (C=O) groups excluding carboxylic acids is 1. The van der Waals surface area contributed by atoms with Gasteiger partial charge in [-0.15, -0.1) is 0 Å². The summed E-state index contributed by atoms with van der Waals surface area (Å²) >= 11 is 0. The fourth-order valence-corrected chi connectivity index (χ4v) is 4.19. The Morgan fingerprint density at radius 3 is 2.10 bits per heavy atom. The first-order valence-corrected chi connectivity index (χ1v) is 15.9. The van der Waals surface area contributed by atoms with E-state index in [-0.39, 0.29) is 32.1 Å². The van der Waals surface area contributed by atoms with Gasteiger partial charge in [-0.2, -0.15) is 0 Å². The van der Waals surface area contributed by atoms with Crippen molar-refractivity contribution in [3.63, 3.8) is 0 Å². The summed E-state index contributed by atoms with van der Waals surface area (Å²) in [5.74, 6) is -0.284. The zero-order chi connectivity index (χ0) is 29.0. The molecule has 9 heteroatoms. The minimum atomic E-state index is -4.34. The number of hydrogen-bond acceptors (Lipinski definition) is 6. The zero-order valence-electron chi connectivity index (χ0n) is 24.1. The largest absolute Gasteiger partial charge is 0.472 e. The monoisotopic (exact) mass is 568 g/mol. The minimum Gasteiger partial charge on any atom is -0.387 e. The van der Waals surface area contributed by atoms with Crippen LogP contribution in [0, 0.1) is 0 Å². The smallest absolute Gasteiger partial charge is 0.387 e. The molecule has 0 heterocycles. The quantitative estimate of drug-likeness (QED) is 0.0567. The third-order valence-corrected chi connectivity index (χ3v) is 6.60. The summed E-state index contributed by atoms with van der Waals surface area (Å²) < 4.78 is 21.7. The van der Waals surface area contributed by atoms with E-state index in [1.165, 1.54) is 19.3 Å². The number of phosphoric ester groups is 1. The molecule has 0 bridgehead atoms. The van der Waals surface area contributed by atoms with Gasteiger partial charge >= 0.3 is 7.82 Å². The maximum atomic E-state index is 12.5. The molecular formula is C30H53N2O6P. The summed E-state index contributed by atoms with van der Waals surface area (Å²) in [5, 5.41) is 13.3. The Morgan fingerprint density at radius 1 is 0.872 bits per heavy atom. The number of carbonyl (C=O) groups is 1. The molecule has 1 amide bonds. The van der Waals surface area contributed by atoms with E-state index in [0.29, 0.717) is 6.42 Å².